The zero-order chi connectivity index (χ0) is 15.4. The monoisotopic (exact) mass is 310 g/mol. The summed E-state index contributed by atoms with van der Waals surface area (Å²) >= 11 is 5.59. The number of aryl methyl sites for hydroxylation is 1. The first-order chi connectivity index (χ1) is 10.8. The van der Waals surface area contributed by atoms with E-state index in [4.69, 9.17) is 12.2 Å². The van der Waals surface area contributed by atoms with Crippen molar-refractivity contribution in [3.63, 3.8) is 0 Å². The summed E-state index contributed by atoms with van der Waals surface area (Å²) in [4.78, 5) is 2.28. The van der Waals surface area contributed by atoms with Crippen molar-refractivity contribution in [2.45, 2.75) is 25.7 Å². The van der Waals surface area contributed by atoms with Gasteiger partial charge in [-0.05, 0) is 48.3 Å². The van der Waals surface area contributed by atoms with E-state index < -0.39 is 0 Å². The molecule has 0 spiro atoms. The van der Waals surface area contributed by atoms with E-state index in [1.54, 1.807) is 0 Å². The molecule has 3 heteroatoms. The van der Waals surface area contributed by atoms with Gasteiger partial charge in [-0.15, -0.1) is 0 Å². The van der Waals surface area contributed by atoms with Gasteiger partial charge in [-0.2, -0.15) is 0 Å². The summed E-state index contributed by atoms with van der Waals surface area (Å²) in [7, 11) is 0. The first-order valence-electron chi connectivity index (χ1n) is 7.96. The smallest absolute Gasteiger partial charge is 0.173 e. The number of rotatable bonds is 3. The Morgan fingerprint density at radius 1 is 1.18 bits per heavy atom. The normalized spacial score (nSPS) is 17.5. The van der Waals surface area contributed by atoms with Gasteiger partial charge in [0.1, 0.15) is 0 Å². The lowest BCUT2D eigenvalue weighted by molar-refractivity contribution is 0.518. The molecule has 1 aliphatic rings. The van der Waals surface area contributed by atoms with Crippen LogP contribution in [0.1, 0.15) is 30.4 Å². The third kappa shape index (κ3) is 3.47. The molecule has 1 heterocycles. The number of anilines is 1. The van der Waals surface area contributed by atoms with Gasteiger partial charge in [0, 0.05) is 24.7 Å². The zero-order valence-corrected chi connectivity index (χ0v) is 13.8. The lowest BCUT2D eigenvalue weighted by Crippen LogP contribution is -2.32. The number of nitrogens with zero attached hydrogens (tertiary/aromatic N) is 1. The summed E-state index contributed by atoms with van der Waals surface area (Å²) in [5.41, 5.74) is 3.84. The van der Waals surface area contributed by atoms with E-state index in [9.17, 15) is 0 Å². The fourth-order valence-electron chi connectivity index (χ4n) is 3.01. The summed E-state index contributed by atoms with van der Waals surface area (Å²) in [6, 6.07) is 19.2. The molecule has 0 saturated carbocycles. The Balaban J connectivity index is 1.62. The molecule has 0 aliphatic carbocycles. The van der Waals surface area contributed by atoms with Crippen molar-refractivity contribution in [3.05, 3.63) is 65.7 Å². The number of thiocarbonyl (C=S) groups is 1. The predicted octanol–water partition coefficient (Wildman–Crippen LogP) is 4.44. The molecule has 0 aromatic heterocycles. The standard InChI is InChI=1S/C19H22N2S/c1-2-15-7-6-10-18(13-15)20-19(22)21-12-11-17(14-21)16-8-4-3-5-9-16/h3-10,13,17H,2,11-12,14H2,1H3,(H,20,22)/t17-/m1/s1. The van der Waals surface area contributed by atoms with Gasteiger partial charge in [0.05, 0.1) is 0 Å². The molecule has 1 fully saturated rings. The van der Waals surface area contributed by atoms with E-state index in [0.29, 0.717) is 5.92 Å². The highest BCUT2D eigenvalue weighted by Crippen LogP contribution is 2.27. The van der Waals surface area contributed by atoms with Gasteiger partial charge in [-0.1, -0.05) is 49.4 Å². The molecule has 3 rings (SSSR count). The van der Waals surface area contributed by atoms with Crippen LogP contribution in [0.4, 0.5) is 5.69 Å². The van der Waals surface area contributed by atoms with E-state index in [1.165, 1.54) is 17.5 Å². The third-order valence-electron chi connectivity index (χ3n) is 4.33. The summed E-state index contributed by atoms with van der Waals surface area (Å²) in [5, 5.41) is 4.23. The van der Waals surface area contributed by atoms with Crippen LogP contribution in [-0.4, -0.2) is 23.1 Å². The molecule has 2 aromatic carbocycles. The molecule has 1 atom stereocenters. The van der Waals surface area contributed by atoms with Crippen molar-refractivity contribution >= 4 is 23.0 Å². The maximum Gasteiger partial charge on any atom is 0.173 e. The maximum absolute atomic E-state index is 5.59. The molecule has 22 heavy (non-hydrogen) atoms. The molecule has 2 aromatic rings. The number of benzene rings is 2. The lowest BCUT2D eigenvalue weighted by Gasteiger charge is -2.21. The number of nitrogens with one attached hydrogen (secondary N) is 1. The highest BCUT2D eigenvalue weighted by atomic mass is 32.1. The third-order valence-corrected chi connectivity index (χ3v) is 4.69. The predicted molar refractivity (Wildman–Crippen MR) is 97.4 cm³/mol. The van der Waals surface area contributed by atoms with Gasteiger partial charge < -0.3 is 10.2 Å². The van der Waals surface area contributed by atoms with Crippen LogP contribution in [0.5, 0.6) is 0 Å². The molecule has 0 unspecified atom stereocenters. The molecule has 114 valence electrons. The van der Waals surface area contributed by atoms with Crippen molar-refractivity contribution in [1.82, 2.24) is 4.90 Å². The lowest BCUT2D eigenvalue weighted by atomic mass is 9.99. The van der Waals surface area contributed by atoms with Crippen LogP contribution in [0, 0.1) is 0 Å². The van der Waals surface area contributed by atoms with Crippen LogP contribution in [0.25, 0.3) is 0 Å². The second kappa shape index (κ2) is 6.93. The van der Waals surface area contributed by atoms with Crippen molar-refractivity contribution in [3.8, 4) is 0 Å². The van der Waals surface area contributed by atoms with E-state index >= 15 is 0 Å². The summed E-state index contributed by atoms with van der Waals surface area (Å²) < 4.78 is 0. The van der Waals surface area contributed by atoms with Gasteiger partial charge in [-0.25, -0.2) is 0 Å². The molecule has 1 saturated heterocycles. The molecule has 2 nitrogen and oxygen atoms in total. The first-order valence-corrected chi connectivity index (χ1v) is 8.37. The van der Waals surface area contributed by atoms with E-state index in [2.05, 4.69) is 71.7 Å². The quantitative estimate of drug-likeness (QED) is 0.844. The molecular formula is C19H22N2S. The maximum atomic E-state index is 5.59. The summed E-state index contributed by atoms with van der Waals surface area (Å²) in [6.45, 7) is 4.20. The minimum atomic E-state index is 0.586. The van der Waals surface area contributed by atoms with Crippen LogP contribution in [0.2, 0.25) is 0 Å². The molecule has 1 N–H and O–H groups in total. The van der Waals surface area contributed by atoms with Crippen molar-refractivity contribution in [1.29, 1.82) is 0 Å². The average Bonchev–Trinajstić information content (AvgIpc) is 3.06. The van der Waals surface area contributed by atoms with Crippen LogP contribution >= 0.6 is 12.2 Å². The second-order valence-corrected chi connectivity index (χ2v) is 6.21. The van der Waals surface area contributed by atoms with Crippen LogP contribution < -0.4 is 5.32 Å². The van der Waals surface area contributed by atoms with E-state index in [1.807, 2.05) is 0 Å². The van der Waals surface area contributed by atoms with E-state index in [0.717, 1.165) is 30.3 Å². The Morgan fingerprint density at radius 2 is 2.00 bits per heavy atom. The summed E-state index contributed by atoms with van der Waals surface area (Å²) in [6.07, 6.45) is 2.21. The molecule has 1 aliphatic heterocycles. The van der Waals surface area contributed by atoms with Crippen molar-refractivity contribution in [2.24, 2.45) is 0 Å². The van der Waals surface area contributed by atoms with Gasteiger partial charge in [0.2, 0.25) is 0 Å². The Kier molecular flexibility index (Phi) is 4.74. The Morgan fingerprint density at radius 3 is 2.77 bits per heavy atom. The van der Waals surface area contributed by atoms with Gasteiger partial charge in [0.15, 0.2) is 5.11 Å². The molecular weight excluding hydrogens is 288 g/mol. The van der Waals surface area contributed by atoms with Crippen molar-refractivity contribution in [2.75, 3.05) is 18.4 Å². The molecule has 0 bridgehead atoms. The average molecular weight is 310 g/mol. The molecule has 0 amide bonds. The number of hydrogen-bond donors (Lipinski definition) is 1. The summed E-state index contributed by atoms with van der Waals surface area (Å²) in [5.74, 6) is 0.586. The van der Waals surface area contributed by atoms with E-state index in [-0.39, 0.29) is 0 Å². The highest BCUT2D eigenvalue weighted by Gasteiger charge is 2.25. The Labute approximate surface area is 138 Å². The Bertz CT molecular complexity index is 639. The SMILES string of the molecule is CCc1cccc(NC(=S)N2CC[C@@H](c3ccccc3)C2)c1. The Hall–Kier alpha value is -1.87. The molecule has 0 radical (unpaired) electrons. The fourth-order valence-corrected chi connectivity index (χ4v) is 3.30. The zero-order valence-electron chi connectivity index (χ0n) is 13.0. The topological polar surface area (TPSA) is 15.3 Å². The van der Waals surface area contributed by atoms with Gasteiger partial charge >= 0.3 is 0 Å². The van der Waals surface area contributed by atoms with Crippen LogP contribution in [0.3, 0.4) is 0 Å². The highest BCUT2D eigenvalue weighted by molar-refractivity contribution is 7.80. The van der Waals surface area contributed by atoms with Gasteiger partial charge in [0.25, 0.3) is 0 Å². The van der Waals surface area contributed by atoms with Crippen molar-refractivity contribution < 1.29 is 0 Å². The fraction of sp³-hybridized carbons (Fsp3) is 0.316. The first kappa shape index (κ1) is 15.0. The van der Waals surface area contributed by atoms with Gasteiger partial charge in [-0.3, -0.25) is 0 Å². The minimum Gasteiger partial charge on any atom is -0.348 e. The largest absolute Gasteiger partial charge is 0.348 e. The van der Waals surface area contributed by atoms with Crippen LogP contribution in [-0.2, 0) is 6.42 Å². The number of hydrogen-bond acceptors (Lipinski definition) is 1. The van der Waals surface area contributed by atoms with Crippen LogP contribution in [0.15, 0.2) is 54.6 Å². The number of likely N-dealkylation sites (tertiary alicyclic amines) is 1. The minimum absolute atomic E-state index is 0.586. The second-order valence-electron chi connectivity index (χ2n) is 5.83.